The van der Waals surface area contributed by atoms with E-state index in [1.807, 2.05) is 0 Å². The van der Waals surface area contributed by atoms with E-state index < -0.39 is 17.4 Å². The van der Waals surface area contributed by atoms with Crippen LogP contribution >= 0.6 is 0 Å². The Morgan fingerprint density at radius 3 is 1.36 bits per heavy atom. The summed E-state index contributed by atoms with van der Waals surface area (Å²) < 4.78 is 0. The lowest BCUT2D eigenvalue weighted by molar-refractivity contribution is -0.343. The highest BCUT2D eigenvalue weighted by Crippen LogP contribution is 2.24. The first-order valence-electron chi connectivity index (χ1n) is 3.44. The third-order valence-corrected chi connectivity index (χ3v) is 1.99. The standard InChI is InChI=1S/C7H12O4/c1-3-7(4-2,5(8)9)6(10)11/h3-4H2,1-2H3,(H,8,9)(H,10,11)/p-2/i7+1. The summed E-state index contributed by atoms with van der Waals surface area (Å²) in [7, 11) is 0. The summed E-state index contributed by atoms with van der Waals surface area (Å²) in [5.41, 5.74) is -1.81. The van der Waals surface area contributed by atoms with Gasteiger partial charge in [-0.25, -0.2) is 0 Å². The Hall–Kier alpha value is -1.06. The van der Waals surface area contributed by atoms with Gasteiger partial charge < -0.3 is 19.8 Å². The molecule has 0 aromatic heterocycles. The first kappa shape index (κ1) is 9.94. The van der Waals surface area contributed by atoms with Crippen LogP contribution in [0.1, 0.15) is 26.7 Å². The van der Waals surface area contributed by atoms with Gasteiger partial charge in [-0.05, 0) is 12.8 Å². The van der Waals surface area contributed by atoms with Crippen LogP contribution < -0.4 is 10.2 Å². The number of hydrogen-bond donors (Lipinski definition) is 0. The van der Waals surface area contributed by atoms with Gasteiger partial charge in [0.05, 0.1) is 11.9 Å². The summed E-state index contributed by atoms with van der Waals surface area (Å²) in [4.78, 5) is 20.8. The van der Waals surface area contributed by atoms with Crippen LogP contribution in [0.3, 0.4) is 0 Å². The molecule has 4 nitrogen and oxygen atoms in total. The number of aliphatic carboxylic acids is 2. The van der Waals surface area contributed by atoms with Crippen molar-refractivity contribution in [3.8, 4) is 0 Å². The minimum atomic E-state index is -1.81. The van der Waals surface area contributed by atoms with Crippen LogP contribution in [0.25, 0.3) is 0 Å². The summed E-state index contributed by atoms with van der Waals surface area (Å²) >= 11 is 0. The molecular formula is C7H10O4-2. The van der Waals surface area contributed by atoms with Crippen molar-refractivity contribution < 1.29 is 19.8 Å². The molecule has 4 heteroatoms. The van der Waals surface area contributed by atoms with E-state index in [4.69, 9.17) is 0 Å². The number of carboxylic acid groups (broad SMARTS) is 2. The first-order valence-corrected chi connectivity index (χ1v) is 3.44. The summed E-state index contributed by atoms with van der Waals surface area (Å²) in [6, 6.07) is 0. The Morgan fingerprint density at radius 2 is 1.36 bits per heavy atom. The lowest BCUT2D eigenvalue weighted by Crippen LogP contribution is -2.53. The van der Waals surface area contributed by atoms with E-state index in [-0.39, 0.29) is 12.8 Å². The lowest BCUT2D eigenvalue weighted by Gasteiger charge is -2.33. The molecule has 0 saturated heterocycles. The van der Waals surface area contributed by atoms with Crippen molar-refractivity contribution >= 4 is 11.9 Å². The Labute approximate surface area is 64.8 Å². The second-order valence-electron chi connectivity index (χ2n) is 2.36. The van der Waals surface area contributed by atoms with Crippen molar-refractivity contribution in [3.05, 3.63) is 0 Å². The molecule has 0 bridgehead atoms. The smallest absolute Gasteiger partial charge is 0.0532 e. The summed E-state index contributed by atoms with van der Waals surface area (Å²) in [6.45, 7) is 2.96. The number of carbonyl (C=O) groups is 2. The third-order valence-electron chi connectivity index (χ3n) is 1.99. The van der Waals surface area contributed by atoms with Crippen LogP contribution in [-0.4, -0.2) is 11.9 Å². The Kier molecular flexibility index (Phi) is 3.04. The SMILES string of the molecule is CC[13C](CC)(C(=O)[O-])C(=O)[O-]. The minimum Gasteiger partial charge on any atom is -0.549 e. The quantitative estimate of drug-likeness (QED) is 0.361. The summed E-state index contributed by atoms with van der Waals surface area (Å²) in [6.07, 6.45) is -0.0116. The normalized spacial score (nSPS) is 11.1. The zero-order valence-electron chi connectivity index (χ0n) is 6.55. The highest BCUT2D eigenvalue weighted by atomic mass is 16.4. The summed E-state index contributed by atoms with van der Waals surface area (Å²) in [5.74, 6) is -3.13. The molecule has 0 aromatic carbocycles. The van der Waals surface area contributed by atoms with Gasteiger partial charge in [-0.3, -0.25) is 0 Å². The molecule has 0 aliphatic heterocycles. The van der Waals surface area contributed by atoms with Crippen LogP contribution in [0.4, 0.5) is 0 Å². The zero-order chi connectivity index (χ0) is 9.07. The molecule has 0 unspecified atom stereocenters. The molecule has 0 aliphatic carbocycles. The number of carboxylic acids is 2. The maximum absolute atomic E-state index is 10.4. The molecule has 0 fully saturated rings. The molecule has 11 heavy (non-hydrogen) atoms. The first-order chi connectivity index (χ1) is 5.01. The fourth-order valence-corrected chi connectivity index (χ4v) is 0.911. The fourth-order valence-electron chi connectivity index (χ4n) is 0.911. The van der Waals surface area contributed by atoms with Crippen LogP contribution in [-0.2, 0) is 9.59 Å². The van der Waals surface area contributed by atoms with Crippen molar-refractivity contribution in [3.63, 3.8) is 0 Å². The van der Waals surface area contributed by atoms with Crippen molar-refractivity contribution in [1.29, 1.82) is 0 Å². The highest BCUT2D eigenvalue weighted by molar-refractivity contribution is 5.95. The Bertz CT molecular complexity index is 153. The summed E-state index contributed by atoms with van der Waals surface area (Å²) in [5, 5.41) is 20.8. The molecule has 0 rings (SSSR count). The molecule has 0 saturated carbocycles. The van der Waals surface area contributed by atoms with Crippen molar-refractivity contribution in [1.82, 2.24) is 0 Å². The van der Waals surface area contributed by atoms with Crippen LogP contribution in [0.5, 0.6) is 0 Å². The van der Waals surface area contributed by atoms with Gasteiger partial charge in [-0.15, -0.1) is 0 Å². The molecule has 0 N–H and O–H groups in total. The van der Waals surface area contributed by atoms with Crippen LogP contribution in [0.15, 0.2) is 0 Å². The molecule has 0 radical (unpaired) electrons. The molecule has 0 aromatic rings. The van der Waals surface area contributed by atoms with Gasteiger partial charge in [0, 0.05) is 5.41 Å². The lowest BCUT2D eigenvalue weighted by atomic mass is 10.2. The molecule has 0 spiro atoms. The maximum Gasteiger partial charge on any atom is 0.0532 e. The van der Waals surface area contributed by atoms with Crippen LogP contribution in [0, 0.1) is 5.41 Å². The predicted octanol–water partition coefficient (Wildman–Crippen LogP) is -1.71. The second kappa shape index (κ2) is 3.37. The van der Waals surface area contributed by atoms with Crippen molar-refractivity contribution in [2.24, 2.45) is 5.41 Å². The van der Waals surface area contributed by atoms with Crippen molar-refractivity contribution in [2.45, 2.75) is 26.7 Å². The molecule has 0 heterocycles. The van der Waals surface area contributed by atoms with Gasteiger partial charge in [-0.2, -0.15) is 0 Å². The Morgan fingerprint density at radius 1 is 1.09 bits per heavy atom. The van der Waals surface area contributed by atoms with Gasteiger partial charge in [-0.1, -0.05) is 13.8 Å². The molecule has 0 atom stereocenters. The monoisotopic (exact) mass is 159 g/mol. The largest absolute Gasteiger partial charge is 0.549 e. The van der Waals surface area contributed by atoms with E-state index in [0.29, 0.717) is 0 Å². The van der Waals surface area contributed by atoms with E-state index in [2.05, 4.69) is 0 Å². The molecule has 64 valence electrons. The topological polar surface area (TPSA) is 80.3 Å². The molecular weight excluding hydrogens is 149 g/mol. The van der Waals surface area contributed by atoms with E-state index >= 15 is 0 Å². The van der Waals surface area contributed by atoms with Gasteiger partial charge in [0.25, 0.3) is 0 Å². The number of hydrogen-bond acceptors (Lipinski definition) is 4. The van der Waals surface area contributed by atoms with E-state index in [1.165, 1.54) is 13.8 Å². The van der Waals surface area contributed by atoms with Gasteiger partial charge in [0.15, 0.2) is 0 Å². The maximum atomic E-state index is 10.4. The van der Waals surface area contributed by atoms with Gasteiger partial charge >= 0.3 is 0 Å². The number of carbonyl (C=O) groups excluding carboxylic acids is 2. The average molecular weight is 159 g/mol. The van der Waals surface area contributed by atoms with Gasteiger partial charge in [0.2, 0.25) is 0 Å². The molecule has 0 amide bonds. The van der Waals surface area contributed by atoms with E-state index in [9.17, 15) is 19.8 Å². The van der Waals surface area contributed by atoms with E-state index in [1.54, 1.807) is 0 Å². The molecule has 0 aliphatic rings. The van der Waals surface area contributed by atoms with E-state index in [0.717, 1.165) is 0 Å². The fraction of sp³-hybridized carbons (Fsp3) is 0.714. The van der Waals surface area contributed by atoms with Crippen LogP contribution in [0.2, 0.25) is 0 Å². The highest BCUT2D eigenvalue weighted by Gasteiger charge is 2.29. The van der Waals surface area contributed by atoms with Gasteiger partial charge in [0.1, 0.15) is 0 Å². The Balaban J connectivity index is 4.76. The predicted molar refractivity (Wildman–Crippen MR) is 33.0 cm³/mol. The minimum absolute atomic E-state index is 0.00579. The third kappa shape index (κ3) is 1.50. The average Bonchev–Trinajstić information content (AvgIpc) is 1.90. The zero-order valence-corrected chi connectivity index (χ0v) is 6.55. The second-order valence-corrected chi connectivity index (χ2v) is 2.36. The number of rotatable bonds is 4. The van der Waals surface area contributed by atoms with Crippen molar-refractivity contribution in [2.75, 3.05) is 0 Å².